The molecule has 82 valence electrons. The van der Waals surface area contributed by atoms with Crippen LogP contribution in [0.25, 0.3) is 0 Å². The summed E-state index contributed by atoms with van der Waals surface area (Å²) in [5.41, 5.74) is 0.547. The van der Waals surface area contributed by atoms with Crippen molar-refractivity contribution in [1.29, 1.82) is 0 Å². The molecule has 0 N–H and O–H groups in total. The van der Waals surface area contributed by atoms with E-state index in [-0.39, 0.29) is 5.91 Å². The van der Waals surface area contributed by atoms with Crippen LogP contribution in [0, 0.1) is 11.3 Å². The molecule has 1 atom stereocenters. The van der Waals surface area contributed by atoms with Gasteiger partial charge in [-0.05, 0) is 18.8 Å². The molecule has 2 heteroatoms. The quantitative estimate of drug-likeness (QED) is 0.584. The van der Waals surface area contributed by atoms with Crippen LogP contribution in [0.1, 0.15) is 47.0 Å². The molecule has 2 fully saturated rings. The van der Waals surface area contributed by atoms with Gasteiger partial charge in [-0.2, -0.15) is 0 Å². The molecular formula is C12H23NO. The summed E-state index contributed by atoms with van der Waals surface area (Å²) >= 11 is 0. The van der Waals surface area contributed by atoms with E-state index >= 15 is 0 Å². The van der Waals surface area contributed by atoms with E-state index < -0.39 is 0 Å². The van der Waals surface area contributed by atoms with Crippen LogP contribution in [-0.2, 0) is 4.79 Å². The van der Waals surface area contributed by atoms with Crippen LogP contribution in [0.5, 0.6) is 0 Å². The second kappa shape index (κ2) is 4.33. The lowest BCUT2D eigenvalue weighted by Gasteiger charge is -2.48. The fraction of sp³-hybridized carbons (Fsp3) is 0.917. The van der Waals surface area contributed by atoms with E-state index in [1.807, 2.05) is 18.7 Å². The molecule has 1 heterocycles. The zero-order valence-electron chi connectivity index (χ0n) is 9.97. The first-order valence-corrected chi connectivity index (χ1v) is 5.87. The maximum absolute atomic E-state index is 11.0. The van der Waals surface area contributed by atoms with Crippen molar-refractivity contribution >= 4 is 5.91 Å². The molecule has 2 nitrogen and oxygen atoms in total. The molecule has 1 spiro atoms. The minimum Gasteiger partial charge on any atom is -0.342 e. The van der Waals surface area contributed by atoms with Gasteiger partial charge in [0, 0.05) is 25.4 Å². The molecule has 1 saturated carbocycles. The van der Waals surface area contributed by atoms with E-state index in [0.29, 0.717) is 5.41 Å². The Morgan fingerprint density at radius 1 is 1.36 bits per heavy atom. The number of nitrogens with zero attached hydrogens (tertiary/aromatic N) is 1. The first kappa shape index (κ1) is 11.5. The lowest BCUT2D eigenvalue weighted by molar-refractivity contribution is -0.140. The molecule has 1 aliphatic carbocycles. The summed E-state index contributed by atoms with van der Waals surface area (Å²) < 4.78 is 0. The highest BCUT2D eigenvalue weighted by atomic mass is 16.2. The molecule has 1 amide bonds. The van der Waals surface area contributed by atoms with Crippen LogP contribution in [-0.4, -0.2) is 23.9 Å². The van der Waals surface area contributed by atoms with Crippen molar-refractivity contribution in [3.63, 3.8) is 0 Å². The van der Waals surface area contributed by atoms with Gasteiger partial charge in [0.15, 0.2) is 0 Å². The topological polar surface area (TPSA) is 20.3 Å². The van der Waals surface area contributed by atoms with E-state index in [1.165, 1.54) is 19.3 Å². The lowest BCUT2D eigenvalue weighted by atomic mass is 9.77. The maximum Gasteiger partial charge on any atom is 0.219 e. The number of carbonyl (C=O) groups is 1. The summed E-state index contributed by atoms with van der Waals surface area (Å²) in [6.45, 7) is 10.1. The summed E-state index contributed by atoms with van der Waals surface area (Å²) in [5.74, 6) is 1.14. The fourth-order valence-electron chi connectivity index (χ4n) is 2.77. The van der Waals surface area contributed by atoms with Gasteiger partial charge in [-0.1, -0.05) is 27.2 Å². The predicted octanol–water partition coefficient (Wildman–Crippen LogP) is 2.68. The van der Waals surface area contributed by atoms with E-state index in [1.54, 1.807) is 6.92 Å². The zero-order valence-corrected chi connectivity index (χ0v) is 9.97. The highest BCUT2D eigenvalue weighted by Crippen LogP contribution is 2.47. The summed E-state index contributed by atoms with van der Waals surface area (Å²) in [5, 5.41) is 0. The number of likely N-dealkylation sites (tertiary alicyclic amines) is 1. The first-order chi connectivity index (χ1) is 6.61. The Labute approximate surface area is 87.7 Å². The van der Waals surface area contributed by atoms with Crippen molar-refractivity contribution in [2.24, 2.45) is 11.3 Å². The van der Waals surface area contributed by atoms with Crippen LogP contribution < -0.4 is 0 Å². The Hall–Kier alpha value is -0.530. The monoisotopic (exact) mass is 197 g/mol. The maximum atomic E-state index is 11.0. The van der Waals surface area contributed by atoms with Crippen LogP contribution in [0.2, 0.25) is 0 Å². The number of hydrogen-bond acceptors (Lipinski definition) is 1. The van der Waals surface area contributed by atoms with Crippen molar-refractivity contribution in [3.05, 3.63) is 0 Å². The van der Waals surface area contributed by atoms with E-state index in [9.17, 15) is 4.79 Å². The third-order valence-electron chi connectivity index (χ3n) is 3.45. The molecule has 14 heavy (non-hydrogen) atoms. The van der Waals surface area contributed by atoms with E-state index in [0.717, 1.165) is 19.0 Å². The van der Waals surface area contributed by atoms with Crippen LogP contribution in [0.4, 0.5) is 0 Å². The van der Waals surface area contributed by atoms with Crippen molar-refractivity contribution in [2.75, 3.05) is 13.1 Å². The number of hydrogen-bond donors (Lipinski definition) is 0. The summed E-state index contributed by atoms with van der Waals surface area (Å²) in [7, 11) is 0. The van der Waals surface area contributed by atoms with Gasteiger partial charge in [0.25, 0.3) is 0 Å². The largest absolute Gasteiger partial charge is 0.342 e. The highest BCUT2D eigenvalue weighted by molar-refractivity contribution is 5.74. The average Bonchev–Trinajstić information content (AvgIpc) is 2.48. The standard InChI is InChI=1S/C10H17NO.C2H6/c1-8-3-4-10(5-8)6-11(7-10)9(2)12;1-2/h8H,3-7H2,1-2H3;1-2H3. The third-order valence-corrected chi connectivity index (χ3v) is 3.45. The highest BCUT2D eigenvalue weighted by Gasteiger charge is 2.47. The van der Waals surface area contributed by atoms with Crippen molar-refractivity contribution in [3.8, 4) is 0 Å². The van der Waals surface area contributed by atoms with E-state index in [4.69, 9.17) is 0 Å². The van der Waals surface area contributed by atoms with Gasteiger partial charge in [-0.25, -0.2) is 0 Å². The molecule has 2 aliphatic rings. The number of amides is 1. The van der Waals surface area contributed by atoms with Gasteiger partial charge in [-0.15, -0.1) is 0 Å². The van der Waals surface area contributed by atoms with Crippen molar-refractivity contribution < 1.29 is 4.79 Å². The van der Waals surface area contributed by atoms with Gasteiger partial charge in [-0.3, -0.25) is 4.79 Å². The summed E-state index contributed by atoms with van der Waals surface area (Å²) in [6, 6.07) is 0. The van der Waals surface area contributed by atoms with Gasteiger partial charge in [0.1, 0.15) is 0 Å². The Balaban J connectivity index is 0.000000461. The Morgan fingerprint density at radius 2 is 1.93 bits per heavy atom. The molecule has 1 aliphatic heterocycles. The Morgan fingerprint density at radius 3 is 2.29 bits per heavy atom. The number of carbonyl (C=O) groups excluding carboxylic acids is 1. The molecule has 1 saturated heterocycles. The Bertz CT molecular complexity index is 206. The minimum atomic E-state index is 0.250. The van der Waals surface area contributed by atoms with Crippen LogP contribution in [0.15, 0.2) is 0 Å². The molecule has 0 radical (unpaired) electrons. The predicted molar refractivity (Wildman–Crippen MR) is 59.1 cm³/mol. The molecular weight excluding hydrogens is 174 g/mol. The third kappa shape index (κ3) is 2.10. The van der Waals surface area contributed by atoms with Crippen molar-refractivity contribution in [2.45, 2.75) is 47.0 Å². The normalized spacial score (nSPS) is 28.0. The van der Waals surface area contributed by atoms with Crippen LogP contribution in [0.3, 0.4) is 0 Å². The van der Waals surface area contributed by atoms with Gasteiger partial charge in [0.2, 0.25) is 5.91 Å². The molecule has 1 unspecified atom stereocenters. The van der Waals surface area contributed by atoms with E-state index in [2.05, 4.69) is 6.92 Å². The van der Waals surface area contributed by atoms with Gasteiger partial charge in [0.05, 0.1) is 0 Å². The van der Waals surface area contributed by atoms with Crippen LogP contribution >= 0.6 is 0 Å². The summed E-state index contributed by atoms with van der Waals surface area (Å²) in [4.78, 5) is 12.9. The fourth-order valence-corrected chi connectivity index (χ4v) is 2.77. The second-order valence-electron chi connectivity index (χ2n) is 4.72. The lowest BCUT2D eigenvalue weighted by Crippen LogP contribution is -2.56. The SMILES string of the molecule is CC.CC(=O)N1CC2(CCC(C)C2)C1. The molecule has 0 aromatic heterocycles. The molecule has 0 bridgehead atoms. The summed E-state index contributed by atoms with van der Waals surface area (Å²) in [6.07, 6.45) is 4.06. The number of rotatable bonds is 0. The molecule has 0 aromatic rings. The van der Waals surface area contributed by atoms with Crippen molar-refractivity contribution in [1.82, 2.24) is 4.90 Å². The molecule has 0 aromatic carbocycles. The second-order valence-corrected chi connectivity index (χ2v) is 4.72. The first-order valence-electron chi connectivity index (χ1n) is 5.87. The van der Waals surface area contributed by atoms with Gasteiger partial charge >= 0.3 is 0 Å². The zero-order chi connectivity index (χ0) is 10.8. The Kier molecular flexibility index (Phi) is 3.57. The average molecular weight is 197 g/mol. The smallest absolute Gasteiger partial charge is 0.219 e. The van der Waals surface area contributed by atoms with Gasteiger partial charge < -0.3 is 4.90 Å². The minimum absolute atomic E-state index is 0.250. The molecule has 2 rings (SSSR count).